The number of carboxylic acids is 1. The number of hydrogen-bond acceptors (Lipinski definition) is 5. The first-order valence-electron chi connectivity index (χ1n) is 9.59. The average molecular weight is 434 g/mol. The topological polar surface area (TPSA) is 102 Å². The van der Waals surface area contributed by atoms with E-state index in [1.165, 1.54) is 0 Å². The molecule has 0 aromatic heterocycles. The number of nitrogens with one attached hydrogen (secondary N) is 1. The van der Waals surface area contributed by atoms with E-state index in [1.54, 1.807) is 54.6 Å². The summed E-state index contributed by atoms with van der Waals surface area (Å²) in [4.78, 5) is 35.7. The van der Waals surface area contributed by atoms with Crippen LogP contribution < -0.4 is 5.32 Å². The highest BCUT2D eigenvalue weighted by Gasteiger charge is 2.22. The Morgan fingerprint density at radius 2 is 1.67 bits per heavy atom. The number of carbonyl (C=O) groups is 3. The third kappa shape index (κ3) is 7.75. The number of amides is 1. The van der Waals surface area contributed by atoms with Gasteiger partial charge in [0, 0.05) is 17.9 Å². The lowest BCUT2D eigenvalue weighted by Crippen LogP contribution is -2.34. The number of esters is 1. The molecule has 2 unspecified atom stereocenters. The molecule has 30 heavy (non-hydrogen) atoms. The van der Waals surface area contributed by atoms with Crippen LogP contribution in [0.2, 0.25) is 5.02 Å². The smallest absolute Gasteiger partial charge is 0.410 e. The maximum atomic E-state index is 12.4. The molecule has 0 aliphatic rings. The fourth-order valence-electron chi connectivity index (χ4n) is 2.72. The Kier molecular flexibility index (Phi) is 9.15. The molecular weight excluding hydrogens is 410 g/mol. The predicted molar refractivity (Wildman–Crippen MR) is 111 cm³/mol. The lowest BCUT2D eigenvalue weighted by Gasteiger charge is -2.22. The van der Waals surface area contributed by atoms with Crippen molar-refractivity contribution >= 4 is 29.6 Å². The van der Waals surface area contributed by atoms with E-state index in [-0.39, 0.29) is 12.8 Å². The van der Waals surface area contributed by atoms with E-state index in [0.29, 0.717) is 29.0 Å². The first-order valence-corrected chi connectivity index (χ1v) is 9.97. The molecular formula is C22H24ClNO6. The molecule has 2 N–H and O–H groups in total. The number of aliphatic carboxylic acids is 1. The largest absolute Gasteiger partial charge is 0.481 e. The first kappa shape index (κ1) is 23.2. The maximum absolute atomic E-state index is 12.4. The molecule has 2 aromatic carbocycles. The van der Waals surface area contributed by atoms with E-state index in [0.717, 1.165) is 0 Å². The van der Waals surface area contributed by atoms with Gasteiger partial charge in [0.25, 0.3) is 0 Å². The second-order valence-electron chi connectivity index (χ2n) is 6.58. The number of hydrogen-bond donors (Lipinski definition) is 2. The van der Waals surface area contributed by atoms with Crippen LogP contribution in [-0.2, 0) is 14.3 Å². The third-order valence-corrected chi connectivity index (χ3v) is 4.47. The Morgan fingerprint density at radius 1 is 1.00 bits per heavy atom. The number of ether oxygens (including phenoxy) is 2. The minimum atomic E-state index is -1.06. The Bertz CT molecular complexity index is 840. The summed E-state index contributed by atoms with van der Waals surface area (Å²) in [6.45, 7) is 1.87. The molecule has 8 heteroatoms. The lowest BCUT2D eigenvalue weighted by molar-refractivity contribution is -0.137. The van der Waals surface area contributed by atoms with Gasteiger partial charge in [0.2, 0.25) is 6.29 Å². The molecule has 0 heterocycles. The number of benzene rings is 2. The minimum absolute atomic E-state index is 0.144. The Morgan fingerprint density at radius 3 is 2.27 bits per heavy atom. The van der Waals surface area contributed by atoms with Crippen molar-refractivity contribution in [3.63, 3.8) is 0 Å². The van der Waals surface area contributed by atoms with Gasteiger partial charge in [0.15, 0.2) is 0 Å². The zero-order valence-corrected chi connectivity index (χ0v) is 17.3. The van der Waals surface area contributed by atoms with E-state index >= 15 is 0 Å². The summed E-state index contributed by atoms with van der Waals surface area (Å²) < 4.78 is 10.6. The van der Waals surface area contributed by atoms with Crippen molar-refractivity contribution < 1.29 is 29.0 Å². The number of rotatable bonds is 10. The molecule has 0 radical (unpaired) electrons. The van der Waals surface area contributed by atoms with Crippen LogP contribution in [0.3, 0.4) is 0 Å². The van der Waals surface area contributed by atoms with E-state index in [4.69, 9.17) is 26.2 Å². The summed E-state index contributed by atoms with van der Waals surface area (Å²) in [6, 6.07) is 14.5. The third-order valence-electron chi connectivity index (χ3n) is 4.22. The summed E-state index contributed by atoms with van der Waals surface area (Å²) >= 11 is 5.90. The Labute approximate surface area is 179 Å². The summed E-state index contributed by atoms with van der Waals surface area (Å²) in [5.74, 6) is -1.58. The summed E-state index contributed by atoms with van der Waals surface area (Å²) in [6.07, 6.45) is -0.900. The fraction of sp³-hybridized carbons (Fsp3) is 0.318. The lowest BCUT2D eigenvalue weighted by atomic mass is 10.0. The van der Waals surface area contributed by atoms with E-state index < -0.39 is 30.4 Å². The molecule has 1 amide bonds. The van der Waals surface area contributed by atoms with Crippen molar-refractivity contribution in [2.75, 3.05) is 0 Å². The molecule has 7 nitrogen and oxygen atoms in total. The average Bonchev–Trinajstić information content (AvgIpc) is 2.72. The normalized spacial score (nSPS) is 12.5. The van der Waals surface area contributed by atoms with Gasteiger partial charge in [-0.15, -0.1) is 0 Å². The molecule has 0 saturated heterocycles. The van der Waals surface area contributed by atoms with E-state index in [2.05, 4.69) is 5.32 Å². The molecule has 0 fully saturated rings. The minimum Gasteiger partial charge on any atom is -0.481 e. The van der Waals surface area contributed by atoms with Crippen LogP contribution in [0.1, 0.15) is 54.6 Å². The summed E-state index contributed by atoms with van der Waals surface area (Å²) in [5.41, 5.74) is 1.04. The zero-order valence-electron chi connectivity index (χ0n) is 16.5. The second kappa shape index (κ2) is 11.8. The van der Waals surface area contributed by atoms with Gasteiger partial charge in [-0.2, -0.15) is 0 Å². The van der Waals surface area contributed by atoms with Crippen molar-refractivity contribution in [1.82, 2.24) is 5.32 Å². The molecule has 2 aromatic rings. The van der Waals surface area contributed by atoms with Crippen molar-refractivity contribution in [1.29, 1.82) is 0 Å². The monoisotopic (exact) mass is 433 g/mol. The highest BCUT2D eigenvalue weighted by Crippen LogP contribution is 2.21. The van der Waals surface area contributed by atoms with Crippen LogP contribution in [0.4, 0.5) is 4.79 Å². The van der Waals surface area contributed by atoms with Gasteiger partial charge in [-0.25, -0.2) is 9.59 Å². The molecule has 2 rings (SSSR count). The van der Waals surface area contributed by atoms with Crippen LogP contribution in [0.5, 0.6) is 0 Å². The zero-order chi connectivity index (χ0) is 21.9. The second-order valence-corrected chi connectivity index (χ2v) is 7.01. The SMILES string of the molecule is CCCC(OC(=O)NC(CCC(=O)O)c1ccc(Cl)cc1)OC(=O)c1ccccc1. The highest BCUT2D eigenvalue weighted by molar-refractivity contribution is 6.30. The van der Waals surface area contributed by atoms with Crippen molar-refractivity contribution in [2.45, 2.75) is 44.9 Å². The van der Waals surface area contributed by atoms with E-state index in [1.807, 2.05) is 6.92 Å². The van der Waals surface area contributed by atoms with E-state index in [9.17, 15) is 14.4 Å². The van der Waals surface area contributed by atoms with Crippen LogP contribution in [0.15, 0.2) is 54.6 Å². The van der Waals surface area contributed by atoms with Gasteiger partial charge in [-0.3, -0.25) is 4.79 Å². The molecule has 2 atom stereocenters. The molecule has 0 saturated carbocycles. The van der Waals surface area contributed by atoms with Crippen LogP contribution >= 0.6 is 11.6 Å². The first-order chi connectivity index (χ1) is 14.4. The van der Waals surface area contributed by atoms with Gasteiger partial charge in [0.1, 0.15) is 0 Å². The fourth-order valence-corrected chi connectivity index (χ4v) is 2.85. The van der Waals surface area contributed by atoms with Crippen LogP contribution in [0, 0.1) is 0 Å². The van der Waals surface area contributed by atoms with Gasteiger partial charge < -0.3 is 19.9 Å². The van der Waals surface area contributed by atoms with Crippen molar-refractivity contribution in [2.24, 2.45) is 0 Å². The van der Waals surface area contributed by atoms with Gasteiger partial charge >= 0.3 is 18.0 Å². The molecule has 0 aliphatic carbocycles. The van der Waals surface area contributed by atoms with Crippen molar-refractivity contribution in [3.05, 3.63) is 70.7 Å². The summed E-state index contributed by atoms with van der Waals surface area (Å²) in [7, 11) is 0. The highest BCUT2D eigenvalue weighted by atomic mass is 35.5. The van der Waals surface area contributed by atoms with Crippen LogP contribution in [0.25, 0.3) is 0 Å². The Hall–Kier alpha value is -3.06. The van der Waals surface area contributed by atoms with Crippen molar-refractivity contribution in [3.8, 4) is 0 Å². The molecule has 0 aliphatic heterocycles. The number of halogens is 1. The number of carboxylic acid groups (broad SMARTS) is 1. The maximum Gasteiger partial charge on any atom is 0.410 e. The molecule has 0 bridgehead atoms. The summed E-state index contributed by atoms with van der Waals surface area (Å²) in [5, 5.41) is 12.2. The molecule has 160 valence electrons. The molecule has 0 spiro atoms. The van der Waals surface area contributed by atoms with Gasteiger partial charge in [0.05, 0.1) is 11.6 Å². The number of alkyl carbamates (subject to hydrolysis) is 1. The van der Waals surface area contributed by atoms with Gasteiger partial charge in [-0.05, 0) is 42.7 Å². The standard InChI is InChI=1S/C22H24ClNO6/c1-2-6-20(29-21(27)16-7-4-3-5-8-16)30-22(28)24-18(13-14-19(25)26)15-9-11-17(23)12-10-15/h3-5,7-12,18,20H,2,6,13-14H2,1H3,(H,24,28)(H,25,26). The van der Waals surface area contributed by atoms with Gasteiger partial charge in [-0.1, -0.05) is 48.9 Å². The number of carbonyl (C=O) groups excluding carboxylic acids is 2. The Balaban J connectivity index is 2.03. The quantitative estimate of drug-likeness (QED) is 0.405. The predicted octanol–water partition coefficient (Wildman–Crippen LogP) is 4.96. The van der Waals surface area contributed by atoms with Crippen LogP contribution in [-0.4, -0.2) is 29.4 Å².